The maximum atomic E-state index is 12.2. The van der Waals surface area contributed by atoms with E-state index in [1.54, 1.807) is 0 Å². The van der Waals surface area contributed by atoms with Crippen LogP contribution in [0.2, 0.25) is 0 Å². The highest BCUT2D eigenvalue weighted by atomic mass is 32.2. The van der Waals surface area contributed by atoms with Gasteiger partial charge in [-0.3, -0.25) is 4.72 Å². The van der Waals surface area contributed by atoms with Gasteiger partial charge in [0.2, 0.25) is 20.0 Å². The zero-order valence-electron chi connectivity index (χ0n) is 14.9. The van der Waals surface area contributed by atoms with Crippen molar-refractivity contribution in [2.24, 2.45) is 0 Å². The van der Waals surface area contributed by atoms with Crippen LogP contribution in [0.3, 0.4) is 0 Å². The van der Waals surface area contributed by atoms with E-state index in [0.29, 0.717) is 18.8 Å². The second-order valence-corrected chi connectivity index (χ2v) is 9.48. The van der Waals surface area contributed by atoms with Crippen molar-refractivity contribution in [3.8, 4) is 0 Å². The van der Waals surface area contributed by atoms with Gasteiger partial charge in [0.15, 0.2) is 0 Å². The zero-order chi connectivity index (χ0) is 18.8. The summed E-state index contributed by atoms with van der Waals surface area (Å²) >= 11 is 0. The van der Waals surface area contributed by atoms with Crippen LogP contribution < -0.4 is 14.8 Å². The van der Waals surface area contributed by atoms with Crippen LogP contribution in [0.15, 0.2) is 29.2 Å². The van der Waals surface area contributed by atoms with Gasteiger partial charge in [-0.1, -0.05) is 32.6 Å². The molecular formula is C16H29N3O4S2. The Balaban J connectivity index is 2.33. The lowest BCUT2D eigenvalue weighted by molar-refractivity contribution is 0.564. The largest absolute Gasteiger partial charge is 0.315 e. The lowest BCUT2D eigenvalue weighted by Gasteiger charge is -2.09. The molecule has 0 amide bonds. The minimum absolute atomic E-state index is 0.103. The molecule has 0 unspecified atom stereocenters. The van der Waals surface area contributed by atoms with Gasteiger partial charge in [0.25, 0.3) is 0 Å². The summed E-state index contributed by atoms with van der Waals surface area (Å²) in [5, 5.41) is 3.22. The second kappa shape index (κ2) is 10.7. The smallest absolute Gasteiger partial charge is 0.240 e. The van der Waals surface area contributed by atoms with Gasteiger partial charge in [-0.15, -0.1) is 0 Å². The number of sulfonamides is 2. The molecule has 7 nitrogen and oxygen atoms in total. The molecule has 1 rings (SSSR count). The third-order valence-corrected chi connectivity index (χ3v) is 5.60. The van der Waals surface area contributed by atoms with E-state index in [0.717, 1.165) is 19.2 Å². The van der Waals surface area contributed by atoms with Gasteiger partial charge in [-0.2, -0.15) is 0 Å². The molecule has 0 heterocycles. The molecular weight excluding hydrogens is 362 g/mol. The van der Waals surface area contributed by atoms with Gasteiger partial charge in [-0.25, -0.2) is 21.6 Å². The van der Waals surface area contributed by atoms with Crippen LogP contribution in [0.25, 0.3) is 0 Å². The Hall–Kier alpha value is -1.16. The molecule has 25 heavy (non-hydrogen) atoms. The first-order valence-electron chi connectivity index (χ1n) is 8.53. The average Bonchev–Trinajstić information content (AvgIpc) is 2.52. The summed E-state index contributed by atoms with van der Waals surface area (Å²) in [5.41, 5.74) is 0.325. The number of hydrogen-bond donors (Lipinski definition) is 3. The van der Waals surface area contributed by atoms with Crippen LogP contribution in [0, 0.1) is 0 Å². The molecule has 144 valence electrons. The Morgan fingerprint density at radius 2 is 1.48 bits per heavy atom. The van der Waals surface area contributed by atoms with E-state index >= 15 is 0 Å². The number of unbranched alkanes of at least 4 members (excludes halogenated alkanes) is 4. The normalized spacial score (nSPS) is 12.2. The van der Waals surface area contributed by atoms with E-state index in [1.807, 2.05) is 0 Å². The molecule has 0 radical (unpaired) electrons. The van der Waals surface area contributed by atoms with Gasteiger partial charge < -0.3 is 5.32 Å². The van der Waals surface area contributed by atoms with Crippen LogP contribution in [0.4, 0.5) is 5.69 Å². The summed E-state index contributed by atoms with van der Waals surface area (Å²) in [6.45, 7) is 3.94. The summed E-state index contributed by atoms with van der Waals surface area (Å²) in [5.74, 6) is 0. The quantitative estimate of drug-likeness (QED) is 0.446. The molecule has 0 spiro atoms. The number of hydrogen-bond acceptors (Lipinski definition) is 5. The molecule has 0 aromatic heterocycles. The third-order valence-electron chi connectivity index (χ3n) is 3.52. The molecule has 0 bridgehead atoms. The van der Waals surface area contributed by atoms with Gasteiger partial charge >= 0.3 is 0 Å². The van der Waals surface area contributed by atoms with E-state index < -0.39 is 20.0 Å². The Labute approximate surface area is 151 Å². The molecule has 9 heteroatoms. The van der Waals surface area contributed by atoms with Crippen molar-refractivity contribution < 1.29 is 16.8 Å². The van der Waals surface area contributed by atoms with Gasteiger partial charge in [0.1, 0.15) is 0 Å². The highest BCUT2D eigenvalue weighted by molar-refractivity contribution is 7.92. The van der Waals surface area contributed by atoms with Crippen LogP contribution in [-0.4, -0.2) is 42.7 Å². The number of anilines is 1. The van der Waals surface area contributed by atoms with Crippen LogP contribution >= 0.6 is 0 Å². The lowest BCUT2D eigenvalue weighted by Crippen LogP contribution is -2.32. The predicted octanol–water partition coefficient (Wildman–Crippen LogP) is 1.90. The molecule has 0 aliphatic rings. The lowest BCUT2D eigenvalue weighted by atomic mass is 10.1. The zero-order valence-corrected chi connectivity index (χ0v) is 16.5. The van der Waals surface area contributed by atoms with Crippen molar-refractivity contribution in [3.05, 3.63) is 24.3 Å². The van der Waals surface area contributed by atoms with Crippen LogP contribution in [-0.2, 0) is 20.0 Å². The first-order valence-corrected chi connectivity index (χ1v) is 11.9. The number of nitrogens with one attached hydrogen (secondary N) is 3. The van der Waals surface area contributed by atoms with Crippen molar-refractivity contribution in [1.29, 1.82) is 0 Å². The first kappa shape index (κ1) is 21.9. The number of rotatable bonds is 13. The SMILES string of the molecule is CCCCCCCNCCNS(=O)(=O)c1ccc(NS(C)(=O)=O)cc1. The molecule has 1 aromatic rings. The highest BCUT2D eigenvalue weighted by Crippen LogP contribution is 2.14. The van der Waals surface area contributed by atoms with Crippen molar-refractivity contribution in [3.63, 3.8) is 0 Å². The summed E-state index contributed by atoms with van der Waals surface area (Å²) in [6.07, 6.45) is 7.06. The fraction of sp³-hybridized carbons (Fsp3) is 0.625. The maximum absolute atomic E-state index is 12.2. The van der Waals surface area contributed by atoms with E-state index in [-0.39, 0.29) is 4.90 Å². The molecule has 0 atom stereocenters. The highest BCUT2D eigenvalue weighted by Gasteiger charge is 2.13. The first-order chi connectivity index (χ1) is 11.7. The van der Waals surface area contributed by atoms with E-state index in [9.17, 15) is 16.8 Å². The van der Waals surface area contributed by atoms with E-state index in [4.69, 9.17) is 0 Å². The van der Waals surface area contributed by atoms with Crippen LogP contribution in [0.5, 0.6) is 0 Å². The Morgan fingerprint density at radius 3 is 2.08 bits per heavy atom. The molecule has 0 aliphatic heterocycles. The monoisotopic (exact) mass is 391 g/mol. The van der Waals surface area contributed by atoms with Gasteiger partial charge in [0.05, 0.1) is 11.2 Å². The summed E-state index contributed by atoms with van der Waals surface area (Å²) in [7, 11) is -6.97. The molecule has 3 N–H and O–H groups in total. The summed E-state index contributed by atoms with van der Waals surface area (Å²) in [6, 6.07) is 5.59. The Bertz CT molecular complexity index is 701. The topological polar surface area (TPSA) is 104 Å². The van der Waals surface area contributed by atoms with Crippen molar-refractivity contribution in [2.45, 2.75) is 43.9 Å². The summed E-state index contributed by atoms with van der Waals surface area (Å²) in [4.78, 5) is 0.103. The van der Waals surface area contributed by atoms with Crippen molar-refractivity contribution in [1.82, 2.24) is 10.0 Å². The van der Waals surface area contributed by atoms with Gasteiger partial charge in [0, 0.05) is 18.8 Å². The third kappa shape index (κ3) is 9.78. The molecule has 0 saturated heterocycles. The van der Waals surface area contributed by atoms with E-state index in [2.05, 4.69) is 21.7 Å². The number of benzene rings is 1. The van der Waals surface area contributed by atoms with Gasteiger partial charge in [-0.05, 0) is 37.2 Å². The van der Waals surface area contributed by atoms with Crippen molar-refractivity contribution in [2.75, 3.05) is 30.6 Å². The molecule has 1 aromatic carbocycles. The van der Waals surface area contributed by atoms with Crippen molar-refractivity contribution >= 4 is 25.7 Å². The predicted molar refractivity (Wildman–Crippen MR) is 102 cm³/mol. The summed E-state index contributed by atoms with van der Waals surface area (Å²) < 4.78 is 51.4. The fourth-order valence-corrected chi connectivity index (χ4v) is 3.85. The Kier molecular flexibility index (Phi) is 9.41. The fourth-order valence-electron chi connectivity index (χ4n) is 2.25. The molecule has 0 saturated carbocycles. The van der Waals surface area contributed by atoms with E-state index in [1.165, 1.54) is 49.9 Å². The second-order valence-electron chi connectivity index (χ2n) is 5.96. The maximum Gasteiger partial charge on any atom is 0.240 e. The minimum Gasteiger partial charge on any atom is -0.315 e. The molecule has 0 aliphatic carbocycles. The molecule has 0 fully saturated rings. The average molecular weight is 392 g/mol. The van der Waals surface area contributed by atoms with Crippen LogP contribution in [0.1, 0.15) is 39.0 Å². The Morgan fingerprint density at radius 1 is 0.840 bits per heavy atom. The standard InChI is InChI=1S/C16H29N3O4S2/c1-3-4-5-6-7-12-17-13-14-18-25(22,23)16-10-8-15(9-11-16)19-24(2,20)21/h8-11,17-19H,3-7,12-14H2,1-2H3. The minimum atomic E-state index is -3.59.